The molecule has 5 nitrogen and oxygen atoms in total. The number of carbonyl (C=O) groups is 2. The van der Waals surface area contributed by atoms with E-state index in [0.717, 1.165) is 0 Å². The van der Waals surface area contributed by atoms with E-state index in [1.165, 1.54) is 6.07 Å². The van der Waals surface area contributed by atoms with E-state index in [0.29, 0.717) is 36.1 Å². The lowest BCUT2D eigenvalue weighted by atomic mass is 9.95. The third-order valence-corrected chi connectivity index (χ3v) is 3.98. The quantitative estimate of drug-likeness (QED) is 0.868. The number of amides is 2. The van der Waals surface area contributed by atoms with Crippen molar-refractivity contribution >= 4 is 33.4 Å². The maximum absolute atomic E-state index is 13.9. The van der Waals surface area contributed by atoms with Crippen LogP contribution >= 0.6 is 15.9 Å². The van der Waals surface area contributed by atoms with Crippen molar-refractivity contribution in [3.8, 4) is 0 Å². The van der Waals surface area contributed by atoms with E-state index < -0.39 is 11.7 Å². The van der Waals surface area contributed by atoms with Crippen molar-refractivity contribution in [2.24, 2.45) is 17.4 Å². The number of hydrogen-bond donors (Lipinski definition) is 2. The molecule has 1 aromatic rings. The molecule has 2 rings (SSSR count). The minimum atomic E-state index is -0.804. The maximum Gasteiger partial charge on any atom is 0.253 e. The number of hydrogen-bond acceptors (Lipinski definition) is 3. The molecule has 0 aliphatic carbocycles. The molecule has 4 N–H and O–H groups in total. The number of halogens is 2. The number of rotatable bonds is 3. The van der Waals surface area contributed by atoms with Gasteiger partial charge in [0.15, 0.2) is 0 Å². The minimum absolute atomic E-state index is 0.120. The molecule has 1 saturated heterocycles. The average molecular weight is 344 g/mol. The molecular weight excluding hydrogens is 329 g/mol. The van der Waals surface area contributed by atoms with Gasteiger partial charge in [0, 0.05) is 23.5 Å². The van der Waals surface area contributed by atoms with Gasteiger partial charge in [0.05, 0.1) is 11.3 Å². The lowest BCUT2D eigenvalue weighted by Crippen LogP contribution is -2.39. The number of primary amides is 2. The predicted molar refractivity (Wildman–Crippen MR) is 76.7 cm³/mol. The SMILES string of the molecule is NC(=O)c1c(F)cc(Br)cc1N1CCC(C(N)=O)CC1. The second-order valence-electron chi connectivity index (χ2n) is 4.81. The highest BCUT2D eigenvalue weighted by Crippen LogP contribution is 2.31. The molecule has 0 spiro atoms. The summed E-state index contributed by atoms with van der Waals surface area (Å²) in [6.45, 7) is 1.06. The van der Waals surface area contributed by atoms with Crippen LogP contribution < -0.4 is 16.4 Å². The van der Waals surface area contributed by atoms with Gasteiger partial charge in [-0.2, -0.15) is 0 Å². The van der Waals surface area contributed by atoms with Crippen LogP contribution in [-0.2, 0) is 4.79 Å². The Morgan fingerprint density at radius 1 is 1.25 bits per heavy atom. The predicted octanol–water partition coefficient (Wildman–Crippen LogP) is 1.39. The van der Waals surface area contributed by atoms with Gasteiger partial charge in [0.25, 0.3) is 5.91 Å². The van der Waals surface area contributed by atoms with Crippen LogP contribution in [0.25, 0.3) is 0 Å². The standard InChI is InChI=1S/C13H15BrFN3O2/c14-8-5-9(15)11(13(17)20)10(6-8)18-3-1-7(2-4-18)12(16)19/h5-7H,1-4H2,(H2,16,19)(H2,17,20). The Morgan fingerprint density at radius 3 is 2.35 bits per heavy atom. The number of piperidine rings is 1. The Labute approximate surface area is 124 Å². The molecule has 0 unspecified atom stereocenters. The molecule has 1 fully saturated rings. The number of nitrogens with zero attached hydrogens (tertiary/aromatic N) is 1. The fraction of sp³-hybridized carbons (Fsp3) is 0.385. The van der Waals surface area contributed by atoms with Crippen LogP contribution in [0.4, 0.5) is 10.1 Å². The van der Waals surface area contributed by atoms with Crippen LogP contribution in [0, 0.1) is 11.7 Å². The topological polar surface area (TPSA) is 89.4 Å². The van der Waals surface area contributed by atoms with E-state index in [9.17, 15) is 14.0 Å². The van der Waals surface area contributed by atoms with Crippen molar-refractivity contribution in [1.29, 1.82) is 0 Å². The zero-order chi connectivity index (χ0) is 14.9. The first-order valence-corrected chi connectivity index (χ1v) is 7.02. The van der Waals surface area contributed by atoms with E-state index in [4.69, 9.17) is 11.5 Å². The van der Waals surface area contributed by atoms with Crippen molar-refractivity contribution < 1.29 is 14.0 Å². The normalized spacial score (nSPS) is 16.2. The first-order chi connectivity index (χ1) is 9.40. The van der Waals surface area contributed by atoms with Gasteiger partial charge in [0.2, 0.25) is 5.91 Å². The molecule has 0 atom stereocenters. The molecule has 0 aromatic heterocycles. The second kappa shape index (κ2) is 5.78. The van der Waals surface area contributed by atoms with E-state index in [-0.39, 0.29) is 17.4 Å². The summed E-state index contributed by atoms with van der Waals surface area (Å²) in [5, 5.41) is 0. The van der Waals surface area contributed by atoms with Crippen molar-refractivity contribution in [2.45, 2.75) is 12.8 Å². The Morgan fingerprint density at radius 2 is 1.85 bits per heavy atom. The lowest BCUT2D eigenvalue weighted by molar-refractivity contribution is -0.122. The Kier molecular flexibility index (Phi) is 4.27. The summed E-state index contributed by atoms with van der Waals surface area (Å²) in [4.78, 5) is 24.4. The van der Waals surface area contributed by atoms with Gasteiger partial charge < -0.3 is 16.4 Å². The Balaban J connectivity index is 2.30. The fourth-order valence-electron chi connectivity index (χ4n) is 2.46. The first-order valence-electron chi connectivity index (χ1n) is 6.23. The summed E-state index contributed by atoms with van der Waals surface area (Å²) in [5.74, 6) is -1.94. The molecule has 0 bridgehead atoms. The number of carbonyl (C=O) groups excluding carboxylic acids is 2. The zero-order valence-electron chi connectivity index (χ0n) is 10.7. The fourth-order valence-corrected chi connectivity index (χ4v) is 2.88. The van der Waals surface area contributed by atoms with E-state index in [1.807, 2.05) is 4.90 Å². The Bertz CT molecular complexity index is 557. The summed E-state index contributed by atoms with van der Waals surface area (Å²) >= 11 is 3.21. The molecule has 1 heterocycles. The van der Waals surface area contributed by atoms with Gasteiger partial charge in [-0.05, 0) is 25.0 Å². The average Bonchev–Trinajstić information content (AvgIpc) is 2.37. The second-order valence-corrected chi connectivity index (χ2v) is 5.73. The summed E-state index contributed by atoms with van der Waals surface area (Å²) in [5.41, 5.74) is 10.9. The summed E-state index contributed by atoms with van der Waals surface area (Å²) in [6, 6.07) is 2.87. The van der Waals surface area contributed by atoms with Crippen LogP contribution in [0.5, 0.6) is 0 Å². The van der Waals surface area contributed by atoms with E-state index >= 15 is 0 Å². The zero-order valence-corrected chi connectivity index (χ0v) is 12.3. The van der Waals surface area contributed by atoms with Gasteiger partial charge in [0.1, 0.15) is 5.82 Å². The van der Waals surface area contributed by atoms with Crippen LogP contribution in [-0.4, -0.2) is 24.9 Å². The van der Waals surface area contributed by atoms with Gasteiger partial charge in [-0.25, -0.2) is 4.39 Å². The number of anilines is 1. The molecule has 2 amide bonds. The van der Waals surface area contributed by atoms with E-state index in [1.54, 1.807) is 6.07 Å². The molecular formula is C13H15BrFN3O2. The molecule has 0 saturated carbocycles. The summed E-state index contributed by atoms with van der Waals surface area (Å²) < 4.78 is 14.4. The highest BCUT2D eigenvalue weighted by molar-refractivity contribution is 9.10. The van der Waals surface area contributed by atoms with Crippen molar-refractivity contribution in [3.05, 3.63) is 28.0 Å². The summed E-state index contributed by atoms with van der Waals surface area (Å²) in [6.07, 6.45) is 1.17. The Hall–Kier alpha value is -1.63. The molecule has 1 aromatic carbocycles. The van der Waals surface area contributed by atoms with Gasteiger partial charge in [-0.1, -0.05) is 15.9 Å². The van der Waals surface area contributed by atoms with E-state index in [2.05, 4.69) is 15.9 Å². The molecule has 20 heavy (non-hydrogen) atoms. The smallest absolute Gasteiger partial charge is 0.253 e. The molecule has 7 heteroatoms. The number of benzene rings is 1. The summed E-state index contributed by atoms with van der Waals surface area (Å²) in [7, 11) is 0. The maximum atomic E-state index is 13.9. The van der Waals surface area contributed by atoms with Crippen LogP contribution in [0.3, 0.4) is 0 Å². The van der Waals surface area contributed by atoms with Gasteiger partial charge in [-0.3, -0.25) is 9.59 Å². The monoisotopic (exact) mass is 343 g/mol. The highest BCUT2D eigenvalue weighted by Gasteiger charge is 2.26. The third-order valence-electron chi connectivity index (χ3n) is 3.52. The third kappa shape index (κ3) is 2.92. The van der Waals surface area contributed by atoms with Gasteiger partial charge >= 0.3 is 0 Å². The van der Waals surface area contributed by atoms with Crippen molar-refractivity contribution in [1.82, 2.24) is 0 Å². The number of nitrogens with two attached hydrogens (primary N) is 2. The largest absolute Gasteiger partial charge is 0.371 e. The molecule has 1 aliphatic rings. The highest BCUT2D eigenvalue weighted by atomic mass is 79.9. The first kappa shape index (κ1) is 14.8. The van der Waals surface area contributed by atoms with Crippen molar-refractivity contribution in [3.63, 3.8) is 0 Å². The van der Waals surface area contributed by atoms with Gasteiger partial charge in [-0.15, -0.1) is 0 Å². The van der Waals surface area contributed by atoms with Crippen LogP contribution in [0.1, 0.15) is 23.2 Å². The van der Waals surface area contributed by atoms with Crippen LogP contribution in [0.2, 0.25) is 0 Å². The lowest BCUT2D eigenvalue weighted by Gasteiger charge is -2.33. The van der Waals surface area contributed by atoms with Crippen molar-refractivity contribution in [2.75, 3.05) is 18.0 Å². The molecule has 0 radical (unpaired) electrons. The van der Waals surface area contributed by atoms with Crippen LogP contribution in [0.15, 0.2) is 16.6 Å². The minimum Gasteiger partial charge on any atom is -0.371 e. The molecule has 108 valence electrons. The molecule has 1 aliphatic heterocycles.